The molecule has 1 heterocycles. The highest BCUT2D eigenvalue weighted by Gasteiger charge is 2.14. The Bertz CT molecular complexity index is 833. The Morgan fingerprint density at radius 3 is 2.29 bits per heavy atom. The van der Waals surface area contributed by atoms with E-state index >= 15 is 0 Å². The van der Waals surface area contributed by atoms with Gasteiger partial charge in [0.1, 0.15) is 0 Å². The molecular weight excluding hydrogens is 372 g/mol. The van der Waals surface area contributed by atoms with Crippen molar-refractivity contribution in [2.75, 3.05) is 0 Å². The maximum atomic E-state index is 12.1. The summed E-state index contributed by atoms with van der Waals surface area (Å²) in [5, 5.41) is 0.755. The molecule has 0 fully saturated rings. The second-order valence-electron chi connectivity index (χ2n) is 6.96. The molecule has 0 spiro atoms. The molecule has 0 aliphatic rings. The molecule has 0 amide bonds. The molecule has 1 aromatic heterocycles. The van der Waals surface area contributed by atoms with Gasteiger partial charge >= 0.3 is 12.0 Å². The molecule has 1 atom stereocenters. The van der Waals surface area contributed by atoms with Crippen molar-refractivity contribution in [3.63, 3.8) is 0 Å². The minimum Gasteiger partial charge on any atom is -0.392 e. The number of imidazole rings is 1. The lowest BCUT2D eigenvalue weighted by Gasteiger charge is -2.17. The van der Waals surface area contributed by atoms with E-state index in [1.165, 1.54) is 11.1 Å². The lowest BCUT2D eigenvalue weighted by Crippen LogP contribution is -2.13. The van der Waals surface area contributed by atoms with Crippen LogP contribution in [0.25, 0.3) is 0 Å². The summed E-state index contributed by atoms with van der Waals surface area (Å²) in [6, 6.07) is 18.7. The second-order valence-corrected chi connectivity index (χ2v) is 7.40. The SMILES string of the molecule is O=C(CCC(CCc1ccccc1)CCc1ccc(Cl)cc1)Oc1ncc[nH]1. The van der Waals surface area contributed by atoms with Crippen molar-refractivity contribution in [1.29, 1.82) is 0 Å². The number of nitrogens with one attached hydrogen (secondary N) is 1. The van der Waals surface area contributed by atoms with Gasteiger partial charge in [0.15, 0.2) is 0 Å². The number of hydrogen-bond acceptors (Lipinski definition) is 3. The Hall–Kier alpha value is -2.59. The number of aromatic nitrogens is 2. The number of aryl methyl sites for hydroxylation is 2. The molecule has 0 aliphatic heterocycles. The van der Waals surface area contributed by atoms with Crippen LogP contribution in [0.15, 0.2) is 67.0 Å². The lowest BCUT2D eigenvalue weighted by molar-refractivity contribution is -0.135. The first-order chi connectivity index (χ1) is 13.7. The molecule has 146 valence electrons. The summed E-state index contributed by atoms with van der Waals surface area (Å²) >= 11 is 5.98. The average molecular weight is 397 g/mol. The number of nitrogens with zero attached hydrogens (tertiary/aromatic N) is 1. The van der Waals surface area contributed by atoms with Gasteiger partial charge in [-0.1, -0.05) is 54.1 Å². The zero-order valence-electron chi connectivity index (χ0n) is 15.8. The summed E-state index contributed by atoms with van der Waals surface area (Å²) in [6.45, 7) is 0. The highest BCUT2D eigenvalue weighted by atomic mass is 35.5. The van der Waals surface area contributed by atoms with Gasteiger partial charge < -0.3 is 9.72 Å². The van der Waals surface area contributed by atoms with Crippen molar-refractivity contribution < 1.29 is 9.53 Å². The Morgan fingerprint density at radius 2 is 1.64 bits per heavy atom. The summed E-state index contributed by atoms with van der Waals surface area (Å²) in [5.74, 6) is 0.200. The van der Waals surface area contributed by atoms with Crippen molar-refractivity contribution in [3.8, 4) is 6.01 Å². The summed E-state index contributed by atoms with van der Waals surface area (Å²) < 4.78 is 5.22. The third kappa shape index (κ3) is 6.86. The van der Waals surface area contributed by atoms with Crippen LogP contribution in [0.4, 0.5) is 0 Å². The molecule has 28 heavy (non-hydrogen) atoms. The Morgan fingerprint density at radius 1 is 0.964 bits per heavy atom. The third-order valence-electron chi connectivity index (χ3n) is 4.88. The molecule has 5 heteroatoms. The molecule has 1 N–H and O–H groups in total. The number of carbonyl (C=O) groups is 1. The van der Waals surface area contributed by atoms with Crippen LogP contribution in [0, 0.1) is 5.92 Å². The standard InChI is InChI=1S/C23H25ClN2O2/c24-21-13-10-20(11-14-21)9-8-19(7-6-18-4-2-1-3-5-18)12-15-22(27)28-23-25-16-17-26-23/h1-5,10-11,13-14,16-17,19H,6-9,12,15H2,(H,25,26). The van der Waals surface area contributed by atoms with E-state index in [1.807, 2.05) is 18.2 Å². The largest absolute Gasteiger partial charge is 0.392 e. The zero-order valence-corrected chi connectivity index (χ0v) is 16.6. The molecule has 1 unspecified atom stereocenters. The van der Waals surface area contributed by atoms with Crippen LogP contribution in [0.1, 0.15) is 36.8 Å². The van der Waals surface area contributed by atoms with E-state index < -0.39 is 0 Å². The van der Waals surface area contributed by atoms with Crippen LogP contribution in [-0.4, -0.2) is 15.9 Å². The smallest absolute Gasteiger partial charge is 0.313 e. The molecule has 0 bridgehead atoms. The van der Waals surface area contributed by atoms with Crippen LogP contribution < -0.4 is 4.74 Å². The number of hydrogen-bond donors (Lipinski definition) is 1. The molecule has 0 radical (unpaired) electrons. The van der Waals surface area contributed by atoms with Crippen LogP contribution in [-0.2, 0) is 17.6 Å². The van der Waals surface area contributed by atoms with Crippen LogP contribution in [0.2, 0.25) is 5.02 Å². The molecule has 2 aromatic carbocycles. The molecule has 0 saturated heterocycles. The number of H-pyrrole nitrogens is 1. The first-order valence-electron chi connectivity index (χ1n) is 9.67. The van der Waals surface area contributed by atoms with E-state index in [1.54, 1.807) is 12.4 Å². The van der Waals surface area contributed by atoms with Crippen molar-refractivity contribution in [1.82, 2.24) is 9.97 Å². The molecule has 3 aromatic rings. The van der Waals surface area contributed by atoms with Crippen molar-refractivity contribution in [3.05, 3.63) is 83.1 Å². The second kappa shape index (κ2) is 10.7. The van der Waals surface area contributed by atoms with E-state index in [9.17, 15) is 4.79 Å². The fourth-order valence-corrected chi connectivity index (χ4v) is 3.38. The van der Waals surface area contributed by atoms with Gasteiger partial charge in [0.05, 0.1) is 0 Å². The number of halogens is 1. The summed E-state index contributed by atoms with van der Waals surface area (Å²) in [4.78, 5) is 18.8. The van der Waals surface area contributed by atoms with Gasteiger partial charge in [-0.05, 0) is 61.3 Å². The number of aromatic amines is 1. The molecule has 3 rings (SSSR count). The van der Waals surface area contributed by atoms with Crippen molar-refractivity contribution in [2.24, 2.45) is 5.92 Å². The number of rotatable bonds is 10. The van der Waals surface area contributed by atoms with E-state index in [0.717, 1.165) is 37.1 Å². The number of benzene rings is 2. The molecule has 4 nitrogen and oxygen atoms in total. The van der Waals surface area contributed by atoms with Gasteiger partial charge in [-0.2, -0.15) is 0 Å². The first-order valence-corrected chi connectivity index (χ1v) is 10.1. The van der Waals surface area contributed by atoms with Gasteiger partial charge in [0, 0.05) is 23.8 Å². The van der Waals surface area contributed by atoms with Gasteiger partial charge in [0.25, 0.3) is 0 Å². The molecule has 0 aliphatic carbocycles. The normalized spacial score (nSPS) is 11.9. The van der Waals surface area contributed by atoms with Crippen LogP contribution >= 0.6 is 11.6 Å². The number of esters is 1. The quantitative estimate of drug-likeness (QED) is 0.452. The van der Waals surface area contributed by atoms with Gasteiger partial charge in [-0.3, -0.25) is 4.79 Å². The van der Waals surface area contributed by atoms with Gasteiger partial charge in [-0.25, -0.2) is 4.98 Å². The van der Waals surface area contributed by atoms with Crippen molar-refractivity contribution >= 4 is 17.6 Å². The van der Waals surface area contributed by atoms with Crippen LogP contribution in [0.5, 0.6) is 6.01 Å². The maximum absolute atomic E-state index is 12.1. The predicted octanol–water partition coefficient (Wildman–Crippen LogP) is 5.63. The van der Waals surface area contributed by atoms with Gasteiger partial charge in [0.2, 0.25) is 0 Å². The lowest BCUT2D eigenvalue weighted by atomic mass is 9.89. The fraction of sp³-hybridized carbons (Fsp3) is 0.304. The van der Waals surface area contributed by atoms with E-state index in [-0.39, 0.29) is 12.0 Å². The highest BCUT2D eigenvalue weighted by molar-refractivity contribution is 6.30. The predicted molar refractivity (Wildman–Crippen MR) is 111 cm³/mol. The summed E-state index contributed by atoms with van der Waals surface area (Å²) in [6.07, 6.45) is 8.47. The summed E-state index contributed by atoms with van der Waals surface area (Å²) in [7, 11) is 0. The summed E-state index contributed by atoms with van der Waals surface area (Å²) in [5.41, 5.74) is 2.60. The Kier molecular flexibility index (Phi) is 7.68. The minimum absolute atomic E-state index is 0.244. The average Bonchev–Trinajstić information content (AvgIpc) is 3.22. The van der Waals surface area contributed by atoms with Crippen molar-refractivity contribution in [2.45, 2.75) is 38.5 Å². The third-order valence-corrected chi connectivity index (χ3v) is 5.13. The highest BCUT2D eigenvalue weighted by Crippen LogP contribution is 2.22. The van der Waals surface area contributed by atoms with Gasteiger partial charge in [-0.15, -0.1) is 0 Å². The Labute approximate surface area is 170 Å². The van der Waals surface area contributed by atoms with E-state index in [0.29, 0.717) is 12.3 Å². The first kappa shape index (κ1) is 20.2. The van der Waals surface area contributed by atoms with Crippen LogP contribution in [0.3, 0.4) is 0 Å². The monoisotopic (exact) mass is 396 g/mol. The zero-order chi connectivity index (χ0) is 19.6. The molecule has 0 saturated carbocycles. The minimum atomic E-state index is -0.244. The van der Waals surface area contributed by atoms with E-state index in [2.05, 4.69) is 46.4 Å². The number of carbonyl (C=O) groups excluding carboxylic acids is 1. The van der Waals surface area contributed by atoms with E-state index in [4.69, 9.17) is 16.3 Å². The number of ether oxygens (including phenoxy) is 1. The Balaban J connectivity index is 1.53. The maximum Gasteiger partial charge on any atom is 0.313 e. The molecular formula is C23H25ClN2O2. The topological polar surface area (TPSA) is 55.0 Å². The fourth-order valence-electron chi connectivity index (χ4n) is 3.26.